The molecule has 1 saturated heterocycles. The van der Waals surface area contributed by atoms with Gasteiger partial charge in [-0.3, -0.25) is 14.5 Å². The summed E-state index contributed by atoms with van der Waals surface area (Å²) in [6.07, 6.45) is 4.89. The lowest BCUT2D eigenvalue weighted by molar-refractivity contribution is -0.137. The molecule has 0 saturated carbocycles. The molecule has 1 heterocycles. The Hall–Kier alpha value is -1.10. The van der Waals surface area contributed by atoms with Crippen LogP contribution in [0.3, 0.4) is 0 Å². The number of aliphatic carboxylic acids is 1. The second-order valence-corrected chi connectivity index (χ2v) is 4.51. The van der Waals surface area contributed by atoms with E-state index in [2.05, 4.69) is 10.2 Å². The van der Waals surface area contributed by atoms with Gasteiger partial charge in [0.25, 0.3) is 0 Å². The van der Waals surface area contributed by atoms with E-state index >= 15 is 0 Å². The van der Waals surface area contributed by atoms with E-state index in [1.54, 1.807) is 7.05 Å². The van der Waals surface area contributed by atoms with Crippen LogP contribution in [0.15, 0.2) is 0 Å². The summed E-state index contributed by atoms with van der Waals surface area (Å²) in [7, 11) is 1.67. The Morgan fingerprint density at radius 1 is 1.35 bits per heavy atom. The fourth-order valence-corrected chi connectivity index (χ4v) is 2.33. The molecule has 0 radical (unpaired) electrons. The number of nitrogens with zero attached hydrogens (tertiary/aromatic N) is 1. The zero-order chi connectivity index (χ0) is 12.7. The lowest BCUT2D eigenvalue weighted by Crippen LogP contribution is -2.42. The molecule has 2 N–H and O–H groups in total. The summed E-state index contributed by atoms with van der Waals surface area (Å²) in [5.74, 6) is -0.623. The van der Waals surface area contributed by atoms with Crippen molar-refractivity contribution in [2.75, 3.05) is 20.1 Å². The summed E-state index contributed by atoms with van der Waals surface area (Å²) < 4.78 is 0. The van der Waals surface area contributed by atoms with Crippen molar-refractivity contribution in [2.45, 2.75) is 44.6 Å². The summed E-state index contributed by atoms with van der Waals surface area (Å²) in [4.78, 5) is 24.1. The lowest BCUT2D eigenvalue weighted by Gasteiger charge is -2.22. The molecule has 0 spiro atoms. The Bertz CT molecular complexity index is 268. The van der Waals surface area contributed by atoms with Crippen LogP contribution >= 0.6 is 0 Å². The average molecular weight is 242 g/mol. The van der Waals surface area contributed by atoms with E-state index in [4.69, 9.17) is 5.11 Å². The highest BCUT2D eigenvalue weighted by Gasteiger charge is 2.29. The van der Waals surface area contributed by atoms with Crippen molar-refractivity contribution in [3.63, 3.8) is 0 Å². The Balaban J connectivity index is 2.17. The zero-order valence-corrected chi connectivity index (χ0v) is 10.4. The molecule has 5 nitrogen and oxygen atoms in total. The summed E-state index contributed by atoms with van der Waals surface area (Å²) in [6, 6.07) is 0.0273. The molecule has 98 valence electrons. The number of carbonyl (C=O) groups excluding carboxylic acids is 1. The van der Waals surface area contributed by atoms with E-state index in [1.165, 1.54) is 0 Å². The number of carboxylic acids is 1. The van der Waals surface area contributed by atoms with Crippen molar-refractivity contribution in [1.29, 1.82) is 0 Å². The minimum absolute atomic E-state index is 0.0273. The van der Waals surface area contributed by atoms with Crippen LogP contribution in [0.25, 0.3) is 0 Å². The Kier molecular flexibility index (Phi) is 5.97. The molecule has 1 rings (SSSR count). The minimum atomic E-state index is -0.727. The molecule has 0 aromatic heterocycles. The molecule has 5 heteroatoms. The lowest BCUT2D eigenvalue weighted by atomic mass is 10.1. The van der Waals surface area contributed by atoms with Gasteiger partial charge < -0.3 is 10.4 Å². The second kappa shape index (κ2) is 7.27. The van der Waals surface area contributed by atoms with E-state index in [0.717, 1.165) is 45.2 Å². The summed E-state index contributed by atoms with van der Waals surface area (Å²) >= 11 is 0. The van der Waals surface area contributed by atoms with E-state index < -0.39 is 5.97 Å². The number of likely N-dealkylation sites (tertiary alicyclic amines) is 1. The normalized spacial score (nSPS) is 20.4. The molecular weight excluding hydrogens is 220 g/mol. The molecule has 0 aromatic rings. The third-order valence-electron chi connectivity index (χ3n) is 3.25. The number of carboxylic acid groups (broad SMARTS) is 1. The highest BCUT2D eigenvalue weighted by molar-refractivity contribution is 5.81. The van der Waals surface area contributed by atoms with Gasteiger partial charge in [-0.05, 0) is 38.8 Å². The van der Waals surface area contributed by atoms with Gasteiger partial charge in [0.05, 0.1) is 6.04 Å². The Labute approximate surface area is 102 Å². The highest BCUT2D eigenvalue weighted by Crippen LogP contribution is 2.18. The van der Waals surface area contributed by atoms with Gasteiger partial charge in [0, 0.05) is 13.5 Å². The molecule has 1 amide bonds. The van der Waals surface area contributed by atoms with Crippen molar-refractivity contribution < 1.29 is 14.7 Å². The standard InChI is InChI=1S/C12H22N2O3/c1-13-12(17)10-6-5-9-14(10)8-4-2-3-7-11(15)16/h10H,2-9H2,1H3,(H,13,17)(H,15,16). The average Bonchev–Trinajstić information content (AvgIpc) is 2.75. The maximum absolute atomic E-state index is 11.6. The topological polar surface area (TPSA) is 69.6 Å². The van der Waals surface area contributed by atoms with Gasteiger partial charge in [0.1, 0.15) is 0 Å². The van der Waals surface area contributed by atoms with Crippen LogP contribution in [-0.4, -0.2) is 48.1 Å². The van der Waals surface area contributed by atoms with Crippen molar-refractivity contribution in [3.05, 3.63) is 0 Å². The first-order chi connectivity index (χ1) is 8.15. The predicted octanol–water partition coefficient (Wildman–Crippen LogP) is 0.842. The van der Waals surface area contributed by atoms with Crippen LogP contribution < -0.4 is 5.32 Å². The SMILES string of the molecule is CNC(=O)C1CCCN1CCCCCC(=O)O. The van der Waals surface area contributed by atoms with Gasteiger partial charge in [-0.25, -0.2) is 0 Å². The van der Waals surface area contributed by atoms with Gasteiger partial charge >= 0.3 is 5.97 Å². The van der Waals surface area contributed by atoms with Crippen molar-refractivity contribution >= 4 is 11.9 Å². The van der Waals surface area contributed by atoms with Crippen LogP contribution in [0, 0.1) is 0 Å². The van der Waals surface area contributed by atoms with Crippen LogP contribution in [0.1, 0.15) is 38.5 Å². The molecule has 1 unspecified atom stereocenters. The molecule has 1 aliphatic rings. The van der Waals surface area contributed by atoms with Crippen molar-refractivity contribution in [2.24, 2.45) is 0 Å². The number of rotatable bonds is 7. The van der Waals surface area contributed by atoms with Crippen LogP contribution in [0.5, 0.6) is 0 Å². The van der Waals surface area contributed by atoms with Crippen molar-refractivity contribution in [3.8, 4) is 0 Å². The monoisotopic (exact) mass is 242 g/mol. The molecular formula is C12H22N2O3. The number of hydrogen-bond acceptors (Lipinski definition) is 3. The first-order valence-electron chi connectivity index (χ1n) is 6.32. The van der Waals surface area contributed by atoms with Gasteiger partial charge in [-0.15, -0.1) is 0 Å². The second-order valence-electron chi connectivity index (χ2n) is 4.51. The third-order valence-corrected chi connectivity index (χ3v) is 3.25. The van der Waals surface area contributed by atoms with Crippen molar-refractivity contribution in [1.82, 2.24) is 10.2 Å². The highest BCUT2D eigenvalue weighted by atomic mass is 16.4. The summed E-state index contributed by atoms with van der Waals surface area (Å²) in [5.41, 5.74) is 0. The molecule has 1 aliphatic heterocycles. The van der Waals surface area contributed by atoms with Crippen LogP contribution in [0.2, 0.25) is 0 Å². The number of likely N-dealkylation sites (N-methyl/N-ethyl adjacent to an activating group) is 1. The van der Waals surface area contributed by atoms with E-state index in [1.807, 2.05) is 0 Å². The van der Waals surface area contributed by atoms with Gasteiger partial charge in [0.2, 0.25) is 5.91 Å². The Morgan fingerprint density at radius 3 is 2.76 bits per heavy atom. The smallest absolute Gasteiger partial charge is 0.303 e. The summed E-state index contributed by atoms with van der Waals surface area (Å²) in [5, 5.41) is 11.2. The first-order valence-corrected chi connectivity index (χ1v) is 6.32. The van der Waals surface area contributed by atoms with Gasteiger partial charge in [-0.1, -0.05) is 6.42 Å². The molecule has 1 fully saturated rings. The maximum atomic E-state index is 11.6. The third kappa shape index (κ3) is 4.73. The van der Waals surface area contributed by atoms with E-state index in [0.29, 0.717) is 0 Å². The first kappa shape index (κ1) is 14.0. The molecule has 0 aliphatic carbocycles. The van der Waals surface area contributed by atoms with Crippen LogP contribution in [0.4, 0.5) is 0 Å². The number of unbranched alkanes of at least 4 members (excludes halogenated alkanes) is 2. The largest absolute Gasteiger partial charge is 0.481 e. The molecule has 17 heavy (non-hydrogen) atoms. The Morgan fingerprint density at radius 2 is 2.12 bits per heavy atom. The number of carbonyl (C=O) groups is 2. The fourth-order valence-electron chi connectivity index (χ4n) is 2.33. The molecule has 0 aromatic carbocycles. The van der Waals surface area contributed by atoms with Crippen LogP contribution in [-0.2, 0) is 9.59 Å². The van der Waals surface area contributed by atoms with Gasteiger partial charge in [-0.2, -0.15) is 0 Å². The zero-order valence-electron chi connectivity index (χ0n) is 10.4. The quantitative estimate of drug-likeness (QED) is 0.649. The number of nitrogens with one attached hydrogen (secondary N) is 1. The van der Waals surface area contributed by atoms with E-state index in [9.17, 15) is 9.59 Å². The fraction of sp³-hybridized carbons (Fsp3) is 0.833. The number of amides is 1. The maximum Gasteiger partial charge on any atom is 0.303 e. The minimum Gasteiger partial charge on any atom is -0.481 e. The summed E-state index contributed by atoms with van der Waals surface area (Å²) in [6.45, 7) is 1.88. The molecule has 0 bridgehead atoms. The number of hydrogen-bond donors (Lipinski definition) is 2. The van der Waals surface area contributed by atoms with Gasteiger partial charge in [0.15, 0.2) is 0 Å². The van der Waals surface area contributed by atoms with E-state index in [-0.39, 0.29) is 18.4 Å². The predicted molar refractivity (Wildman–Crippen MR) is 64.8 cm³/mol. The molecule has 1 atom stereocenters.